The molecule has 1 N–H and O–H groups in total. The second-order valence-electron chi connectivity index (χ2n) is 6.36. The van der Waals surface area contributed by atoms with Crippen LogP contribution in [0.15, 0.2) is 30.5 Å². The first-order valence-corrected chi connectivity index (χ1v) is 11.0. The van der Waals surface area contributed by atoms with E-state index < -0.39 is 15.8 Å². The van der Waals surface area contributed by atoms with E-state index in [0.717, 1.165) is 33.4 Å². The van der Waals surface area contributed by atoms with Crippen LogP contribution in [-0.2, 0) is 6.54 Å². The first kappa shape index (κ1) is 18.2. The predicted octanol–water partition coefficient (Wildman–Crippen LogP) is 1.49. The Balaban J connectivity index is 1.74. The molecule has 3 aromatic rings. The van der Waals surface area contributed by atoms with E-state index >= 15 is 0 Å². The van der Waals surface area contributed by atoms with Crippen molar-refractivity contribution < 1.29 is 9.18 Å². The van der Waals surface area contributed by atoms with Crippen molar-refractivity contribution in [2.45, 2.75) is 20.4 Å². The van der Waals surface area contributed by atoms with Crippen molar-refractivity contribution in [3.63, 3.8) is 0 Å². The van der Waals surface area contributed by atoms with E-state index in [1.54, 1.807) is 12.3 Å². The molecule has 27 heavy (non-hydrogen) atoms. The van der Waals surface area contributed by atoms with Gasteiger partial charge in [-0.15, -0.1) is 0 Å². The average Bonchev–Trinajstić information content (AvgIpc) is 2.90. The fourth-order valence-corrected chi connectivity index (χ4v) is 5.81. The molecule has 0 radical (unpaired) electrons. The van der Waals surface area contributed by atoms with Crippen molar-refractivity contribution >= 4 is 42.2 Å². The summed E-state index contributed by atoms with van der Waals surface area (Å²) in [6, 6.07) is 6.29. The van der Waals surface area contributed by atoms with E-state index in [1.807, 2.05) is 19.9 Å². The molecule has 1 atom stereocenters. The third kappa shape index (κ3) is 3.28. The van der Waals surface area contributed by atoms with Crippen molar-refractivity contribution in [3.8, 4) is 11.3 Å². The molecule has 0 saturated carbocycles. The van der Waals surface area contributed by atoms with Crippen molar-refractivity contribution in [1.29, 1.82) is 0 Å². The van der Waals surface area contributed by atoms with E-state index in [2.05, 4.69) is 14.9 Å². The van der Waals surface area contributed by atoms with E-state index in [9.17, 15) is 9.18 Å². The van der Waals surface area contributed by atoms with Crippen LogP contribution in [0.4, 0.5) is 4.39 Å². The van der Waals surface area contributed by atoms with Crippen LogP contribution in [0, 0.1) is 19.7 Å². The molecule has 1 aliphatic heterocycles. The third-order valence-corrected chi connectivity index (χ3v) is 7.79. The molecule has 0 fully saturated rings. The number of rotatable bonds is 3. The normalized spacial score (nSPS) is 13.9. The van der Waals surface area contributed by atoms with Crippen LogP contribution in [0.25, 0.3) is 11.3 Å². The van der Waals surface area contributed by atoms with Gasteiger partial charge in [-0.05, 0) is 0 Å². The molecule has 2 aromatic heterocycles. The van der Waals surface area contributed by atoms with Gasteiger partial charge in [-0.2, -0.15) is 0 Å². The van der Waals surface area contributed by atoms with Gasteiger partial charge in [0, 0.05) is 0 Å². The molecule has 3 heterocycles. The zero-order valence-electron chi connectivity index (χ0n) is 14.8. The summed E-state index contributed by atoms with van der Waals surface area (Å²) in [4.78, 5) is 21.4. The molecular formula is C19H17AsClFN4O. The molecule has 8 heteroatoms. The predicted molar refractivity (Wildman–Crippen MR) is 105 cm³/mol. The van der Waals surface area contributed by atoms with Crippen LogP contribution in [0.5, 0.6) is 0 Å². The monoisotopic (exact) mass is 446 g/mol. The molecule has 0 bridgehead atoms. The number of nitrogens with zero attached hydrogens (tertiary/aromatic N) is 3. The van der Waals surface area contributed by atoms with Crippen molar-refractivity contribution in [1.82, 2.24) is 19.9 Å². The molecule has 0 saturated heterocycles. The molecule has 0 spiro atoms. The third-order valence-electron chi connectivity index (χ3n) is 4.69. The van der Waals surface area contributed by atoms with Gasteiger partial charge in [-0.1, -0.05) is 0 Å². The molecular weight excluding hydrogens is 430 g/mol. The maximum absolute atomic E-state index is 13.3. The Hall–Kier alpha value is -2.17. The number of amides is 1. The van der Waals surface area contributed by atoms with Crippen molar-refractivity contribution in [2.24, 2.45) is 0 Å². The Labute approximate surface area is 167 Å². The number of aromatic nitrogens is 3. The first-order chi connectivity index (χ1) is 13.0. The van der Waals surface area contributed by atoms with Gasteiger partial charge >= 0.3 is 168 Å². The van der Waals surface area contributed by atoms with E-state index in [4.69, 9.17) is 16.6 Å². The van der Waals surface area contributed by atoms with Crippen LogP contribution < -0.4 is 14.3 Å². The average molecular weight is 447 g/mol. The number of carbonyl (C=O) groups is 1. The Bertz CT molecular complexity index is 1070. The van der Waals surface area contributed by atoms with Gasteiger partial charge in [-0.3, -0.25) is 0 Å². The molecule has 1 aromatic carbocycles. The quantitative estimate of drug-likeness (QED) is 0.620. The molecule has 0 aliphatic carbocycles. The number of hydrogen-bond donors (Lipinski definition) is 1. The summed E-state index contributed by atoms with van der Waals surface area (Å²) < 4.78 is 16.9. The molecule has 1 aliphatic rings. The fourth-order valence-electron chi connectivity index (χ4n) is 3.48. The zero-order valence-corrected chi connectivity index (χ0v) is 17.7. The van der Waals surface area contributed by atoms with Gasteiger partial charge in [0.05, 0.1) is 0 Å². The van der Waals surface area contributed by atoms with Gasteiger partial charge < -0.3 is 0 Å². The molecule has 4 rings (SSSR count). The van der Waals surface area contributed by atoms with Crippen LogP contribution >= 0.6 is 11.6 Å². The van der Waals surface area contributed by atoms with E-state index in [1.165, 1.54) is 12.1 Å². The Kier molecular flexibility index (Phi) is 4.79. The fraction of sp³-hybridized carbons (Fsp3) is 0.211. The number of nitrogens with one attached hydrogen (secondary N) is 1. The van der Waals surface area contributed by atoms with Crippen LogP contribution in [0.3, 0.4) is 0 Å². The Morgan fingerprint density at radius 3 is 2.85 bits per heavy atom. The van der Waals surface area contributed by atoms with Crippen LogP contribution in [-0.4, -0.2) is 42.7 Å². The Morgan fingerprint density at radius 1 is 1.30 bits per heavy atom. The second-order valence-corrected chi connectivity index (χ2v) is 9.36. The summed E-state index contributed by atoms with van der Waals surface area (Å²) in [7, 11) is 0. The van der Waals surface area contributed by atoms with E-state index in [0.29, 0.717) is 21.9 Å². The summed E-state index contributed by atoms with van der Waals surface area (Å²) >= 11 is 5.26. The second kappa shape index (κ2) is 7.10. The molecule has 1 unspecified atom stereocenters. The number of benzene rings is 1. The van der Waals surface area contributed by atoms with Crippen molar-refractivity contribution in [3.05, 3.63) is 58.3 Å². The maximum atomic E-state index is 13.3. The minimum atomic E-state index is -0.903. The standard InChI is InChI=1S/C19H17AsClFN4O/c1-10-16(11(2)26-8-7-23-18(27)17(10)26)15-5-6-24-19(25-15)20-13-4-3-12(22)9-14(13)21/h3-6,9,20H,7-8H2,1-2H3,(H,23,27). The first-order valence-electron chi connectivity index (χ1n) is 8.49. The van der Waals surface area contributed by atoms with E-state index in [-0.39, 0.29) is 11.7 Å². The number of hydrogen-bond acceptors (Lipinski definition) is 3. The summed E-state index contributed by atoms with van der Waals surface area (Å²) in [6.07, 6.45) is 1.73. The van der Waals surface area contributed by atoms with Gasteiger partial charge in [0.1, 0.15) is 0 Å². The van der Waals surface area contributed by atoms with Gasteiger partial charge in [0.2, 0.25) is 0 Å². The topological polar surface area (TPSA) is 59.8 Å². The van der Waals surface area contributed by atoms with Crippen LogP contribution in [0.2, 0.25) is 5.02 Å². The summed E-state index contributed by atoms with van der Waals surface area (Å²) in [5, 5.41) is 3.30. The zero-order chi connectivity index (χ0) is 19.1. The molecule has 138 valence electrons. The Morgan fingerprint density at radius 2 is 2.11 bits per heavy atom. The molecule has 5 nitrogen and oxygen atoms in total. The van der Waals surface area contributed by atoms with Crippen LogP contribution in [0.1, 0.15) is 21.7 Å². The summed E-state index contributed by atoms with van der Waals surface area (Å²) in [5.41, 5.74) is 4.43. The number of halogens is 2. The number of carbonyl (C=O) groups excluding carboxylic acids is 1. The summed E-state index contributed by atoms with van der Waals surface area (Å²) in [5.74, 6) is -0.400. The van der Waals surface area contributed by atoms with Gasteiger partial charge in [-0.25, -0.2) is 0 Å². The van der Waals surface area contributed by atoms with Gasteiger partial charge in [0.15, 0.2) is 0 Å². The SMILES string of the molecule is Cc1c(-c2ccnc([AsH]c3ccc(F)cc3Cl)n2)c(C)n2c1C(=O)NCC2. The molecule has 1 amide bonds. The summed E-state index contributed by atoms with van der Waals surface area (Å²) in [6.45, 7) is 5.35. The minimum absolute atomic E-state index is 0.0473. The van der Waals surface area contributed by atoms with Crippen molar-refractivity contribution in [2.75, 3.05) is 6.54 Å². The van der Waals surface area contributed by atoms with Gasteiger partial charge in [0.25, 0.3) is 0 Å². The number of fused-ring (bicyclic) bond motifs is 1.